The summed E-state index contributed by atoms with van der Waals surface area (Å²) < 4.78 is 37.6. The zero-order chi connectivity index (χ0) is 20.2. The Kier molecular flexibility index (Phi) is 12.0. The molecule has 0 rings (SSSR count). The van der Waals surface area contributed by atoms with Crippen LogP contribution in [0.4, 0.5) is 0 Å². The zero-order valence-corrected chi connectivity index (χ0v) is 17.8. The molecule has 0 bridgehead atoms. The van der Waals surface area contributed by atoms with E-state index in [9.17, 15) is 13.2 Å². The average molecular weight is 393 g/mol. The Labute approximate surface area is 159 Å². The van der Waals surface area contributed by atoms with E-state index in [4.69, 9.17) is 9.29 Å². The van der Waals surface area contributed by atoms with Crippen LogP contribution in [-0.2, 0) is 19.6 Å². The van der Waals surface area contributed by atoms with Gasteiger partial charge in [0.1, 0.15) is 6.10 Å². The summed E-state index contributed by atoms with van der Waals surface area (Å²) >= 11 is 0. The summed E-state index contributed by atoms with van der Waals surface area (Å²) in [6, 6.07) is 0.109. The minimum absolute atomic E-state index is 0.109. The van der Waals surface area contributed by atoms with Crippen molar-refractivity contribution in [3.8, 4) is 0 Å². The largest absolute Gasteiger partial charge is 0.459 e. The highest BCUT2D eigenvalue weighted by Gasteiger charge is 2.34. The Morgan fingerprint density at radius 3 is 2.08 bits per heavy atom. The highest BCUT2D eigenvalue weighted by atomic mass is 32.2. The van der Waals surface area contributed by atoms with Crippen LogP contribution in [0.15, 0.2) is 12.7 Å². The topological polar surface area (TPSA) is 80.7 Å². The summed E-state index contributed by atoms with van der Waals surface area (Å²) in [6.07, 6.45) is 6.34. The minimum Gasteiger partial charge on any atom is -0.459 e. The Balaban J connectivity index is 5.23. The standard InChI is InChI=1S/C19H37NO5S/c1-6-9-13-20(14-10-7-2,17(4)12-16-26(22,23)24)15-11-18(5)25-19(21)8-3/h8,17-18H,3,6-7,9-16H2,1-2,4-5H3/p+1. The Morgan fingerprint density at radius 1 is 1.12 bits per heavy atom. The molecule has 0 aromatic carbocycles. The van der Waals surface area contributed by atoms with Gasteiger partial charge in [-0.1, -0.05) is 33.3 Å². The maximum Gasteiger partial charge on any atom is 0.330 e. The number of quaternary nitrogens is 1. The van der Waals surface area contributed by atoms with Crippen molar-refractivity contribution in [3.63, 3.8) is 0 Å². The van der Waals surface area contributed by atoms with Gasteiger partial charge < -0.3 is 9.22 Å². The van der Waals surface area contributed by atoms with Crippen molar-refractivity contribution in [2.24, 2.45) is 0 Å². The van der Waals surface area contributed by atoms with Gasteiger partial charge in [0.15, 0.2) is 0 Å². The highest BCUT2D eigenvalue weighted by molar-refractivity contribution is 7.85. The number of rotatable bonds is 15. The van der Waals surface area contributed by atoms with Crippen LogP contribution in [0, 0.1) is 0 Å². The number of nitrogens with zero attached hydrogens (tertiary/aromatic N) is 1. The molecule has 0 spiro atoms. The van der Waals surface area contributed by atoms with E-state index in [1.165, 1.54) is 6.08 Å². The number of unbranched alkanes of at least 4 members (excludes halogenated alkanes) is 2. The van der Waals surface area contributed by atoms with Crippen LogP contribution in [0.5, 0.6) is 0 Å². The molecule has 2 atom stereocenters. The lowest BCUT2D eigenvalue weighted by molar-refractivity contribution is -0.950. The van der Waals surface area contributed by atoms with Crippen molar-refractivity contribution in [3.05, 3.63) is 12.7 Å². The molecule has 0 aliphatic carbocycles. The third kappa shape index (κ3) is 10.3. The van der Waals surface area contributed by atoms with E-state index in [0.29, 0.717) is 12.8 Å². The van der Waals surface area contributed by atoms with Crippen LogP contribution >= 0.6 is 0 Å². The summed E-state index contributed by atoms with van der Waals surface area (Å²) in [5.41, 5.74) is 0. The fourth-order valence-corrected chi connectivity index (χ4v) is 3.92. The van der Waals surface area contributed by atoms with E-state index >= 15 is 0 Å². The first kappa shape index (κ1) is 25.1. The van der Waals surface area contributed by atoms with Crippen molar-refractivity contribution in [1.29, 1.82) is 0 Å². The van der Waals surface area contributed by atoms with Crippen LogP contribution in [0.2, 0.25) is 0 Å². The van der Waals surface area contributed by atoms with E-state index in [1.54, 1.807) is 0 Å². The van der Waals surface area contributed by atoms with Crippen molar-refractivity contribution >= 4 is 16.1 Å². The summed E-state index contributed by atoms with van der Waals surface area (Å²) in [6.45, 7) is 14.4. The second kappa shape index (κ2) is 12.5. The van der Waals surface area contributed by atoms with Gasteiger partial charge in [0, 0.05) is 18.9 Å². The molecule has 0 aromatic heterocycles. The van der Waals surface area contributed by atoms with Gasteiger partial charge in [0.05, 0.1) is 31.4 Å². The normalized spacial score (nSPS) is 14.7. The van der Waals surface area contributed by atoms with Crippen LogP contribution in [-0.4, -0.2) is 61.0 Å². The van der Waals surface area contributed by atoms with Crippen LogP contribution < -0.4 is 0 Å². The van der Waals surface area contributed by atoms with Crippen LogP contribution in [0.3, 0.4) is 0 Å². The van der Waals surface area contributed by atoms with Gasteiger partial charge in [0.2, 0.25) is 0 Å². The van der Waals surface area contributed by atoms with Gasteiger partial charge in [-0.2, -0.15) is 8.42 Å². The number of hydrogen-bond donors (Lipinski definition) is 1. The molecule has 0 aliphatic rings. The molecule has 26 heavy (non-hydrogen) atoms. The fraction of sp³-hybridized carbons (Fsp3) is 0.842. The number of ether oxygens (including phenoxy) is 1. The molecule has 2 unspecified atom stereocenters. The summed E-state index contributed by atoms with van der Waals surface area (Å²) in [7, 11) is -3.96. The predicted molar refractivity (Wildman–Crippen MR) is 106 cm³/mol. The molecule has 7 heteroatoms. The zero-order valence-electron chi connectivity index (χ0n) is 16.9. The second-order valence-corrected chi connectivity index (χ2v) is 8.83. The van der Waals surface area contributed by atoms with Gasteiger partial charge >= 0.3 is 5.97 Å². The lowest BCUT2D eigenvalue weighted by atomic mass is 10.1. The lowest BCUT2D eigenvalue weighted by Gasteiger charge is -2.44. The first-order chi connectivity index (χ1) is 12.1. The van der Waals surface area contributed by atoms with Crippen LogP contribution in [0.25, 0.3) is 0 Å². The third-order valence-corrected chi connectivity index (χ3v) is 5.86. The monoisotopic (exact) mass is 392 g/mol. The summed E-state index contributed by atoms with van der Waals surface area (Å²) in [5, 5.41) is 0. The minimum atomic E-state index is -3.96. The Morgan fingerprint density at radius 2 is 1.65 bits per heavy atom. The molecule has 0 saturated heterocycles. The van der Waals surface area contributed by atoms with Gasteiger partial charge in [-0.3, -0.25) is 4.55 Å². The van der Waals surface area contributed by atoms with E-state index in [2.05, 4.69) is 27.4 Å². The molecule has 1 N–H and O–H groups in total. The Hall–Kier alpha value is -0.920. The molecule has 0 fully saturated rings. The first-order valence-corrected chi connectivity index (χ1v) is 11.3. The average Bonchev–Trinajstić information content (AvgIpc) is 2.58. The van der Waals surface area contributed by atoms with Crippen molar-refractivity contribution in [2.45, 2.75) is 78.4 Å². The number of esters is 1. The number of carbonyl (C=O) groups excluding carboxylic acids is 1. The second-order valence-electron chi connectivity index (χ2n) is 7.26. The molecule has 0 amide bonds. The first-order valence-electron chi connectivity index (χ1n) is 9.74. The molecule has 6 nitrogen and oxygen atoms in total. The number of carbonyl (C=O) groups is 1. The van der Waals surface area contributed by atoms with Gasteiger partial charge in [-0.25, -0.2) is 4.79 Å². The quantitative estimate of drug-likeness (QED) is 0.199. The van der Waals surface area contributed by atoms with Crippen LogP contribution in [0.1, 0.15) is 66.2 Å². The highest BCUT2D eigenvalue weighted by Crippen LogP contribution is 2.23. The molecule has 154 valence electrons. The van der Waals surface area contributed by atoms with Crippen molar-refractivity contribution in [2.75, 3.05) is 25.4 Å². The predicted octanol–water partition coefficient (Wildman–Crippen LogP) is 3.58. The maximum atomic E-state index is 11.4. The summed E-state index contributed by atoms with van der Waals surface area (Å²) in [5.74, 6) is -0.634. The molecule has 0 aromatic rings. The molecule has 0 aliphatic heterocycles. The van der Waals surface area contributed by atoms with Gasteiger partial charge in [-0.15, -0.1) is 0 Å². The van der Waals surface area contributed by atoms with E-state index in [1.807, 2.05) is 6.92 Å². The molecule has 0 heterocycles. The third-order valence-electron chi connectivity index (χ3n) is 5.11. The SMILES string of the molecule is C=CC(=O)OC(C)CC[N+](CCCC)(CCCC)C(C)CCS(=O)(=O)O. The van der Waals surface area contributed by atoms with Gasteiger partial charge in [-0.05, 0) is 26.7 Å². The smallest absolute Gasteiger partial charge is 0.330 e. The van der Waals surface area contributed by atoms with Crippen molar-refractivity contribution in [1.82, 2.24) is 0 Å². The fourth-order valence-electron chi connectivity index (χ4n) is 3.28. The molecule has 0 radical (unpaired) electrons. The van der Waals surface area contributed by atoms with E-state index < -0.39 is 16.1 Å². The molecular weight excluding hydrogens is 354 g/mol. The molecular formula is C19H38NO5S+. The lowest BCUT2D eigenvalue weighted by Crippen LogP contribution is -2.57. The van der Waals surface area contributed by atoms with Gasteiger partial charge in [0.25, 0.3) is 10.1 Å². The summed E-state index contributed by atoms with van der Waals surface area (Å²) in [4.78, 5) is 11.4. The Bertz CT molecular complexity index is 510. The number of hydrogen-bond acceptors (Lipinski definition) is 4. The van der Waals surface area contributed by atoms with E-state index in [-0.39, 0.29) is 17.9 Å². The van der Waals surface area contributed by atoms with Crippen molar-refractivity contribution < 1.29 is 27.0 Å². The van der Waals surface area contributed by atoms with E-state index in [0.717, 1.165) is 49.8 Å². The molecule has 0 saturated carbocycles. The maximum absolute atomic E-state index is 11.4.